The molecule has 1 N–H and O–H groups in total. The number of aromatic amines is 1. The number of carbonyl (C=O) groups is 1. The number of sulfonamides is 1. The molecule has 7 nitrogen and oxygen atoms in total. The fourth-order valence-corrected chi connectivity index (χ4v) is 7.82. The number of piperidine rings is 2. The predicted molar refractivity (Wildman–Crippen MR) is 129 cm³/mol. The Morgan fingerprint density at radius 2 is 1.97 bits per heavy atom. The zero-order chi connectivity index (χ0) is 23.0. The minimum atomic E-state index is -3.51. The van der Waals surface area contributed by atoms with Crippen LogP contribution < -0.4 is 4.74 Å². The fourth-order valence-electron chi connectivity index (χ4n) is 5.15. The third-order valence-electron chi connectivity index (χ3n) is 6.99. The summed E-state index contributed by atoms with van der Waals surface area (Å²) in [7, 11) is -1.84. The minimum absolute atomic E-state index is 0.0973. The van der Waals surface area contributed by atoms with Crippen LogP contribution in [-0.4, -0.2) is 61.8 Å². The van der Waals surface area contributed by atoms with E-state index in [0.717, 1.165) is 30.5 Å². The van der Waals surface area contributed by atoms with Gasteiger partial charge in [0.05, 0.1) is 13.0 Å². The van der Waals surface area contributed by atoms with Crippen molar-refractivity contribution in [1.29, 1.82) is 0 Å². The van der Waals surface area contributed by atoms with Crippen molar-refractivity contribution in [2.75, 3.05) is 33.3 Å². The van der Waals surface area contributed by atoms with E-state index >= 15 is 0 Å². The number of carbonyl (C=O) groups excluding carboxylic acids is 1. The SMILES string of the molecule is COc1ccc2[nH]cc(C3CCN(C(=O)C4CCCN(S(=O)(=O)c5cccs5)C4)CC3)c2c1. The van der Waals surface area contributed by atoms with Crippen LogP contribution >= 0.6 is 11.3 Å². The van der Waals surface area contributed by atoms with E-state index in [2.05, 4.69) is 17.2 Å². The number of methoxy groups -OCH3 is 1. The standard InChI is InChI=1S/C24H29N3O4S2/c1-31-19-6-7-22-20(14-19)21(15-25-22)17-8-11-26(12-9-17)24(28)18-4-2-10-27(16-18)33(29,30)23-5-3-13-32-23/h3,5-7,13-15,17-18,25H,2,4,8-12,16H2,1H3. The number of thiophene rings is 1. The summed E-state index contributed by atoms with van der Waals surface area (Å²) in [6.45, 7) is 2.17. The molecule has 1 aromatic carbocycles. The molecule has 2 fully saturated rings. The first kappa shape index (κ1) is 22.4. The molecule has 2 saturated heterocycles. The van der Waals surface area contributed by atoms with E-state index in [-0.39, 0.29) is 18.4 Å². The number of benzene rings is 1. The molecule has 9 heteroatoms. The van der Waals surface area contributed by atoms with Crippen LogP contribution in [0.1, 0.15) is 37.2 Å². The fraction of sp³-hybridized carbons (Fsp3) is 0.458. The van der Waals surface area contributed by atoms with Crippen molar-refractivity contribution < 1.29 is 17.9 Å². The lowest BCUT2D eigenvalue weighted by Crippen LogP contribution is -2.48. The molecule has 33 heavy (non-hydrogen) atoms. The van der Waals surface area contributed by atoms with Crippen LogP contribution in [-0.2, 0) is 14.8 Å². The number of nitrogens with zero attached hydrogens (tertiary/aromatic N) is 2. The second-order valence-corrected chi connectivity index (χ2v) is 12.0. The number of hydrogen-bond acceptors (Lipinski definition) is 5. The van der Waals surface area contributed by atoms with E-state index in [1.165, 1.54) is 26.6 Å². The molecule has 0 saturated carbocycles. The van der Waals surface area contributed by atoms with Crippen molar-refractivity contribution in [3.63, 3.8) is 0 Å². The summed E-state index contributed by atoms with van der Waals surface area (Å²) >= 11 is 1.23. The van der Waals surface area contributed by atoms with Crippen molar-refractivity contribution in [3.8, 4) is 5.75 Å². The van der Waals surface area contributed by atoms with Gasteiger partial charge in [-0.1, -0.05) is 6.07 Å². The average molecular weight is 488 g/mol. The second kappa shape index (κ2) is 9.12. The van der Waals surface area contributed by atoms with E-state index in [1.54, 1.807) is 24.6 Å². The molecule has 0 spiro atoms. The number of H-pyrrole nitrogens is 1. The normalized spacial score (nSPS) is 20.9. The first-order chi connectivity index (χ1) is 16.0. The lowest BCUT2D eigenvalue weighted by Gasteiger charge is -2.37. The molecule has 4 heterocycles. The highest BCUT2D eigenvalue weighted by Gasteiger charge is 2.36. The Morgan fingerprint density at radius 3 is 2.70 bits per heavy atom. The summed E-state index contributed by atoms with van der Waals surface area (Å²) in [4.78, 5) is 18.6. The number of aromatic nitrogens is 1. The second-order valence-electron chi connectivity index (χ2n) is 8.89. The lowest BCUT2D eigenvalue weighted by atomic mass is 9.88. The Kier molecular flexibility index (Phi) is 6.20. The molecule has 1 atom stereocenters. The highest BCUT2D eigenvalue weighted by molar-refractivity contribution is 7.91. The summed E-state index contributed by atoms with van der Waals surface area (Å²) in [6, 6.07) is 9.45. The Balaban J connectivity index is 1.24. The van der Waals surface area contributed by atoms with Gasteiger partial charge < -0.3 is 14.6 Å². The summed E-state index contributed by atoms with van der Waals surface area (Å²) in [6.07, 6.45) is 5.35. The largest absolute Gasteiger partial charge is 0.497 e. The maximum Gasteiger partial charge on any atom is 0.252 e. The number of likely N-dealkylation sites (tertiary alicyclic amines) is 1. The predicted octanol–water partition coefficient (Wildman–Crippen LogP) is 4.04. The number of hydrogen-bond donors (Lipinski definition) is 1. The molecule has 0 aliphatic carbocycles. The Labute approximate surface area is 198 Å². The van der Waals surface area contributed by atoms with Gasteiger partial charge >= 0.3 is 0 Å². The summed E-state index contributed by atoms with van der Waals surface area (Å²) in [5, 5.41) is 2.95. The maximum atomic E-state index is 13.3. The average Bonchev–Trinajstić information content (AvgIpc) is 3.54. The van der Waals surface area contributed by atoms with Gasteiger partial charge in [-0.3, -0.25) is 4.79 Å². The van der Waals surface area contributed by atoms with Crippen LogP contribution in [0.15, 0.2) is 46.1 Å². The van der Waals surface area contributed by atoms with Gasteiger partial charge in [0.25, 0.3) is 10.0 Å². The molecule has 3 aromatic rings. The van der Waals surface area contributed by atoms with Crippen LogP contribution in [0.5, 0.6) is 5.75 Å². The molecular formula is C24H29N3O4S2. The number of amides is 1. The molecule has 1 unspecified atom stereocenters. The van der Waals surface area contributed by atoms with E-state index in [4.69, 9.17) is 4.74 Å². The third kappa shape index (κ3) is 4.29. The molecule has 0 bridgehead atoms. The van der Waals surface area contributed by atoms with Crippen molar-refractivity contribution >= 4 is 38.2 Å². The van der Waals surface area contributed by atoms with Crippen LogP contribution in [0, 0.1) is 5.92 Å². The Bertz CT molecular complexity index is 1230. The first-order valence-electron chi connectivity index (χ1n) is 11.4. The van der Waals surface area contributed by atoms with Crippen LogP contribution in [0.2, 0.25) is 0 Å². The molecular weight excluding hydrogens is 458 g/mol. The molecule has 2 aliphatic heterocycles. The van der Waals surface area contributed by atoms with Crippen molar-refractivity contribution in [2.45, 2.75) is 35.8 Å². The van der Waals surface area contributed by atoms with Gasteiger partial charge in [0.1, 0.15) is 9.96 Å². The van der Waals surface area contributed by atoms with Gasteiger partial charge in [-0.05, 0) is 66.8 Å². The van der Waals surface area contributed by atoms with Crippen molar-refractivity contribution in [2.24, 2.45) is 5.92 Å². The topological polar surface area (TPSA) is 82.7 Å². The molecule has 1 amide bonds. The highest BCUT2D eigenvalue weighted by atomic mass is 32.2. The van der Waals surface area contributed by atoms with Gasteiger partial charge in [0.15, 0.2) is 0 Å². The van der Waals surface area contributed by atoms with E-state index < -0.39 is 10.0 Å². The smallest absolute Gasteiger partial charge is 0.252 e. The molecule has 2 aromatic heterocycles. The monoisotopic (exact) mass is 487 g/mol. The number of nitrogens with one attached hydrogen (secondary N) is 1. The summed E-state index contributed by atoms with van der Waals surface area (Å²) in [5.74, 6) is 1.06. The maximum absolute atomic E-state index is 13.3. The number of ether oxygens (including phenoxy) is 1. The van der Waals surface area contributed by atoms with E-state index in [1.807, 2.05) is 17.0 Å². The van der Waals surface area contributed by atoms with Gasteiger partial charge in [0, 0.05) is 43.3 Å². The summed E-state index contributed by atoms with van der Waals surface area (Å²) in [5.41, 5.74) is 2.38. The van der Waals surface area contributed by atoms with E-state index in [9.17, 15) is 13.2 Å². The zero-order valence-electron chi connectivity index (χ0n) is 18.7. The van der Waals surface area contributed by atoms with Gasteiger partial charge in [0.2, 0.25) is 5.91 Å². The summed E-state index contributed by atoms with van der Waals surface area (Å²) < 4.78 is 33.1. The van der Waals surface area contributed by atoms with Crippen LogP contribution in [0.4, 0.5) is 0 Å². The van der Waals surface area contributed by atoms with Crippen molar-refractivity contribution in [3.05, 3.63) is 47.5 Å². The first-order valence-corrected chi connectivity index (χ1v) is 13.8. The van der Waals surface area contributed by atoms with Gasteiger partial charge in [-0.15, -0.1) is 11.3 Å². The van der Waals surface area contributed by atoms with Crippen molar-refractivity contribution in [1.82, 2.24) is 14.2 Å². The Hall–Kier alpha value is -2.36. The number of rotatable bonds is 5. The molecule has 5 rings (SSSR count). The Morgan fingerprint density at radius 1 is 1.15 bits per heavy atom. The highest BCUT2D eigenvalue weighted by Crippen LogP contribution is 2.35. The van der Waals surface area contributed by atoms with Gasteiger partial charge in [-0.25, -0.2) is 8.42 Å². The van der Waals surface area contributed by atoms with Crippen LogP contribution in [0.3, 0.4) is 0 Å². The zero-order valence-corrected chi connectivity index (χ0v) is 20.3. The molecule has 2 aliphatic rings. The lowest BCUT2D eigenvalue weighted by molar-refractivity contribution is -0.137. The van der Waals surface area contributed by atoms with E-state index in [0.29, 0.717) is 36.2 Å². The van der Waals surface area contributed by atoms with Crippen LogP contribution in [0.25, 0.3) is 10.9 Å². The molecule has 176 valence electrons. The quantitative estimate of drug-likeness (QED) is 0.589. The molecule has 0 radical (unpaired) electrons. The number of fused-ring (bicyclic) bond motifs is 1. The minimum Gasteiger partial charge on any atom is -0.497 e. The third-order valence-corrected chi connectivity index (χ3v) is 10.2. The van der Waals surface area contributed by atoms with Gasteiger partial charge in [-0.2, -0.15) is 4.31 Å².